The molecule has 2 atom stereocenters. The van der Waals surface area contributed by atoms with Gasteiger partial charge in [0.05, 0.1) is 181 Å². The van der Waals surface area contributed by atoms with Gasteiger partial charge in [0.1, 0.15) is 24.4 Å². The number of anilines is 5. The van der Waals surface area contributed by atoms with Crippen molar-refractivity contribution in [2.75, 3.05) is 174 Å². The quantitative estimate of drug-likeness (QED) is 0.0116. The Morgan fingerprint density at radius 1 is 0.688 bits per heavy atom. The van der Waals surface area contributed by atoms with Crippen LogP contribution in [-0.4, -0.2) is 280 Å². The number of para-hydroxylation sites is 1. The smallest absolute Gasteiger partial charge is 0.410 e. The van der Waals surface area contributed by atoms with Crippen molar-refractivity contribution in [1.29, 1.82) is 0 Å². The third-order valence-electron chi connectivity index (χ3n) is 18.8. The highest BCUT2D eigenvalue weighted by Crippen LogP contribution is 2.39. The fourth-order valence-corrected chi connectivity index (χ4v) is 14.2. The minimum Gasteiger partial charge on any atom is -0.491 e. The highest BCUT2D eigenvalue weighted by Gasteiger charge is 2.32. The molecule has 4 aromatic heterocycles. The molecule has 3 aromatic carbocycles. The summed E-state index contributed by atoms with van der Waals surface area (Å²) >= 11 is 2.77. The molecule has 0 bridgehead atoms. The van der Waals surface area contributed by atoms with Crippen LogP contribution in [0.1, 0.15) is 101 Å². The number of thiazole rings is 2. The fourth-order valence-electron chi connectivity index (χ4n) is 12.2. The number of nitrogens with one attached hydrogen (secondary N) is 5. The molecule has 9 N–H and O–H groups in total. The van der Waals surface area contributed by atoms with Gasteiger partial charge >= 0.3 is 24.1 Å². The van der Waals surface area contributed by atoms with E-state index in [1.807, 2.05) is 36.1 Å². The zero-order valence-corrected chi connectivity index (χ0v) is 71.8. The SMILES string of the molecule is Cc1c(Nc2nc3ccccc3s2)nnc2c1CCCN2c1nc(C(=O)O)c(CCCOc2ccc(C#CCN(C)C(=O)OCc3ccc(NC(=O)[C@H](CCCNC(N)=O)NC(=O)[C@@H](NC(=O)CCOCCN4C(=O)C=CC4=O)C(C)C)cc3COCc3cn(CCOCCOCCOCCOCCOCCOCCOCCOCCC(=O)O)nn3)cc2F)s1. The number of benzene rings is 3. The number of aromatic carboxylic acids is 1. The summed E-state index contributed by atoms with van der Waals surface area (Å²) in [6.45, 7) is 11.5. The van der Waals surface area contributed by atoms with Gasteiger partial charge in [-0.2, -0.15) is 0 Å². The first-order valence-electron chi connectivity index (χ1n) is 40.8. The highest BCUT2D eigenvalue weighted by atomic mass is 32.1. The Morgan fingerprint density at radius 3 is 2.00 bits per heavy atom. The van der Waals surface area contributed by atoms with E-state index in [2.05, 4.69) is 68.9 Å². The van der Waals surface area contributed by atoms with E-state index in [1.54, 1.807) is 49.0 Å². The fraction of sp³-hybridized carbons (Fsp3) is 0.506. The van der Waals surface area contributed by atoms with Crippen molar-refractivity contribution >= 4 is 114 Å². The molecule has 676 valence electrons. The molecule has 0 spiro atoms. The van der Waals surface area contributed by atoms with Crippen molar-refractivity contribution in [2.24, 2.45) is 11.7 Å². The number of halogens is 1. The van der Waals surface area contributed by atoms with Crippen LogP contribution < -0.4 is 42.0 Å². The molecule has 2 aliphatic rings. The van der Waals surface area contributed by atoms with Gasteiger partial charge in [-0.05, 0) is 105 Å². The predicted octanol–water partition coefficient (Wildman–Crippen LogP) is 6.41. The maximum atomic E-state index is 15.6. The Balaban J connectivity index is 0.730. The average Bonchev–Trinajstić information content (AvgIpc) is 1.73. The van der Waals surface area contributed by atoms with E-state index in [9.17, 15) is 48.3 Å². The van der Waals surface area contributed by atoms with Crippen molar-refractivity contribution in [2.45, 2.75) is 111 Å². The minimum absolute atomic E-state index is 0.0101. The van der Waals surface area contributed by atoms with Gasteiger partial charge in [-0.15, -0.1) is 26.6 Å². The number of carbonyl (C=O) groups excluding carboxylic acids is 7. The molecule has 0 fully saturated rings. The van der Waals surface area contributed by atoms with Gasteiger partial charge in [0.15, 0.2) is 39.2 Å². The first-order valence-corrected chi connectivity index (χ1v) is 42.5. The standard InChI is InChI=1S/C83H107FN16O23S2/c1-55(2)73(90-69(101)23-31-112-34-29-99-70(102)21-22-71(99)103)78(107)88-65(14-7-25-86-80(85)110)77(106)87-60-19-18-58(59(50-60)52-121-54-61-51-98(96-93-61)28-33-114-36-38-116-40-42-118-44-46-120-48-47-119-45-43-117-41-39-115-37-35-113-32-24-72(104)105)53-123-83(111)97(4)26-8-11-57-17-20-66(63(84)49-57)122-30-10-16-68-74(79(108)109)91-82(125-68)100-27-9-12-62-56(3)75(94-95-76(62)100)92-81-89-64-13-5-6-15-67(64)124-81/h5-6,13,15,17-22,49-51,55,65,73H,7,9-10,12,14,16,23-48,52-54H2,1-4H3,(H,87,106)(H,88,107)(H,90,101)(H,104,105)(H,108,109)(H3,85,86,110)(H,89,92,94)/t65-,73-/m0/s1. The molecule has 39 nitrogen and oxygen atoms in total. The minimum atomic E-state index is -1.22. The van der Waals surface area contributed by atoms with E-state index < -0.39 is 77.4 Å². The average molecular weight is 1780 g/mol. The van der Waals surface area contributed by atoms with Gasteiger partial charge in [-0.3, -0.25) is 33.7 Å². The van der Waals surface area contributed by atoms with Crippen LogP contribution in [0.3, 0.4) is 0 Å². The summed E-state index contributed by atoms with van der Waals surface area (Å²) < 4.78 is 85.4. The number of aromatic nitrogens is 7. The number of amides is 8. The number of aryl methyl sites for hydroxylation is 1. The Hall–Kier alpha value is -11.3. The van der Waals surface area contributed by atoms with E-state index in [4.69, 9.17) is 67.7 Å². The summed E-state index contributed by atoms with van der Waals surface area (Å²) in [5.74, 6) is 0.840. The number of hydrogen-bond acceptors (Lipinski definition) is 31. The molecular weight excluding hydrogens is 1670 g/mol. The molecule has 42 heteroatoms. The Kier molecular flexibility index (Phi) is 41.4. The molecule has 6 heterocycles. The van der Waals surface area contributed by atoms with Crippen LogP contribution in [0, 0.1) is 30.5 Å². The van der Waals surface area contributed by atoms with Crippen molar-refractivity contribution in [1.82, 2.24) is 60.9 Å². The van der Waals surface area contributed by atoms with Crippen molar-refractivity contribution < 1.29 is 115 Å². The summed E-state index contributed by atoms with van der Waals surface area (Å²) in [6, 6.07) is 13.7. The number of carbonyl (C=O) groups is 9. The molecular formula is C83H107FN16O23S2. The molecule has 0 unspecified atom stereocenters. The van der Waals surface area contributed by atoms with E-state index in [1.165, 1.54) is 46.8 Å². The Labute approximate surface area is 729 Å². The molecule has 9 rings (SSSR count). The first-order chi connectivity index (χ1) is 60.6. The second-order valence-electron chi connectivity index (χ2n) is 28.5. The van der Waals surface area contributed by atoms with E-state index in [0.29, 0.717) is 168 Å². The molecule has 7 aromatic rings. The summed E-state index contributed by atoms with van der Waals surface area (Å²) in [5, 5.41) is 51.7. The maximum Gasteiger partial charge on any atom is 0.410 e. The largest absolute Gasteiger partial charge is 0.491 e. The van der Waals surface area contributed by atoms with Gasteiger partial charge < -0.3 is 109 Å². The first kappa shape index (κ1) is 97.5. The van der Waals surface area contributed by atoms with Crippen LogP contribution in [0.15, 0.2) is 79.0 Å². The zero-order chi connectivity index (χ0) is 89.1. The van der Waals surface area contributed by atoms with Gasteiger partial charge in [-0.25, -0.2) is 33.4 Å². The Bertz CT molecular complexity index is 4740. The van der Waals surface area contributed by atoms with Crippen LogP contribution in [-0.2, 0) is 120 Å². The number of fused-ring (bicyclic) bond motifs is 2. The lowest BCUT2D eigenvalue weighted by Gasteiger charge is -2.28. The van der Waals surface area contributed by atoms with E-state index in [0.717, 1.165) is 51.2 Å². The number of carboxylic acid groups (broad SMARTS) is 2. The monoisotopic (exact) mass is 1780 g/mol. The van der Waals surface area contributed by atoms with Crippen LogP contribution in [0.4, 0.5) is 41.6 Å². The molecule has 125 heavy (non-hydrogen) atoms. The lowest BCUT2D eigenvalue weighted by atomic mass is 10.0. The summed E-state index contributed by atoms with van der Waals surface area (Å²) in [4.78, 5) is 127. The summed E-state index contributed by atoms with van der Waals surface area (Å²) in [6.07, 6.45) is 5.37. The van der Waals surface area contributed by atoms with Gasteiger partial charge in [-0.1, -0.05) is 60.4 Å². The summed E-state index contributed by atoms with van der Waals surface area (Å²) in [5.41, 5.74) is 9.96. The number of urea groups is 1. The third-order valence-corrected chi connectivity index (χ3v) is 20.9. The Morgan fingerprint density at radius 2 is 1.34 bits per heavy atom. The molecule has 2 aliphatic heterocycles. The van der Waals surface area contributed by atoms with Crippen molar-refractivity contribution in [3.05, 3.63) is 129 Å². The number of aliphatic carboxylic acids is 1. The number of rotatable bonds is 59. The van der Waals surface area contributed by atoms with E-state index in [-0.39, 0.29) is 115 Å². The van der Waals surface area contributed by atoms with Crippen LogP contribution >= 0.6 is 22.7 Å². The molecule has 0 radical (unpaired) electrons. The molecule has 0 aliphatic carbocycles. The van der Waals surface area contributed by atoms with E-state index >= 15 is 4.39 Å². The third kappa shape index (κ3) is 33.6. The maximum absolute atomic E-state index is 15.6. The van der Waals surface area contributed by atoms with Crippen molar-refractivity contribution in [3.8, 4) is 17.6 Å². The van der Waals surface area contributed by atoms with Crippen LogP contribution in [0.25, 0.3) is 10.2 Å². The lowest BCUT2D eigenvalue weighted by molar-refractivity contribution is -0.139. The molecule has 0 saturated heterocycles. The summed E-state index contributed by atoms with van der Waals surface area (Å²) in [7, 11) is 1.47. The number of primary amides is 1. The zero-order valence-electron chi connectivity index (χ0n) is 70.2. The second kappa shape index (κ2) is 53.1. The molecule has 8 amide bonds. The van der Waals surface area contributed by atoms with Crippen molar-refractivity contribution in [3.63, 3.8) is 0 Å². The number of nitrogens with zero attached hydrogens (tertiary/aromatic N) is 10. The number of nitrogens with two attached hydrogens (primary N) is 1. The highest BCUT2D eigenvalue weighted by molar-refractivity contribution is 7.22. The van der Waals surface area contributed by atoms with Crippen LogP contribution in [0.2, 0.25) is 0 Å². The number of hydrogen-bond donors (Lipinski definition) is 8. The van der Waals surface area contributed by atoms with Gasteiger partial charge in [0.25, 0.3) is 11.8 Å². The number of imide groups is 1. The second-order valence-corrected chi connectivity index (χ2v) is 30.6. The number of carboxylic acids is 2. The molecule has 0 saturated carbocycles. The van der Waals surface area contributed by atoms with Gasteiger partial charge in [0, 0.05) is 66.0 Å². The lowest BCUT2D eigenvalue weighted by Crippen LogP contribution is -2.54. The topological polar surface area (TPSA) is 483 Å². The van der Waals surface area contributed by atoms with Gasteiger partial charge in [0.2, 0.25) is 17.7 Å². The van der Waals surface area contributed by atoms with Crippen LogP contribution in [0.5, 0.6) is 5.75 Å². The number of ether oxygens (including phenoxy) is 12. The predicted molar refractivity (Wildman–Crippen MR) is 453 cm³/mol. The normalized spacial score (nSPS) is 12.9.